The van der Waals surface area contributed by atoms with Crippen LogP contribution >= 0.6 is 0 Å². The van der Waals surface area contributed by atoms with Crippen LogP contribution in [0.2, 0.25) is 0 Å². The third-order valence-corrected chi connectivity index (χ3v) is 3.97. The van der Waals surface area contributed by atoms with Crippen LogP contribution in [0.15, 0.2) is 41.8 Å². The van der Waals surface area contributed by atoms with Crippen LogP contribution in [-0.2, 0) is 12.1 Å². The van der Waals surface area contributed by atoms with Gasteiger partial charge in [0, 0.05) is 12.2 Å². The van der Waals surface area contributed by atoms with Crippen LogP contribution < -0.4 is 10.9 Å². The first-order valence-electron chi connectivity index (χ1n) is 8.78. The Morgan fingerprint density at radius 3 is 2.70 bits per heavy atom. The molecule has 8 heteroatoms. The molecule has 0 amide bonds. The summed E-state index contributed by atoms with van der Waals surface area (Å²) in [6.07, 6.45) is 3.16. The third-order valence-electron chi connectivity index (χ3n) is 3.97. The van der Waals surface area contributed by atoms with Gasteiger partial charge in [-0.25, -0.2) is 19.3 Å². The van der Waals surface area contributed by atoms with E-state index in [1.54, 1.807) is 42.8 Å². The summed E-state index contributed by atoms with van der Waals surface area (Å²) < 4.78 is 3.14. The van der Waals surface area contributed by atoms with E-state index in [9.17, 15) is 9.90 Å². The first-order chi connectivity index (χ1) is 12.7. The lowest BCUT2D eigenvalue weighted by Crippen LogP contribution is -2.23. The fourth-order valence-electron chi connectivity index (χ4n) is 2.76. The van der Waals surface area contributed by atoms with Gasteiger partial charge in [-0.2, -0.15) is 4.98 Å². The van der Waals surface area contributed by atoms with Crippen molar-refractivity contribution in [2.75, 3.05) is 5.32 Å². The Kier molecular flexibility index (Phi) is 4.84. The van der Waals surface area contributed by atoms with Crippen molar-refractivity contribution in [1.82, 2.24) is 24.3 Å². The molecular weight excluding hydrogens is 344 g/mol. The number of hydrogen-bond acceptors (Lipinski definition) is 6. The van der Waals surface area contributed by atoms with E-state index in [-0.39, 0.29) is 18.1 Å². The monoisotopic (exact) mass is 368 g/mol. The van der Waals surface area contributed by atoms with E-state index in [2.05, 4.69) is 26.8 Å². The van der Waals surface area contributed by atoms with E-state index >= 15 is 0 Å². The molecule has 0 aromatic carbocycles. The minimum atomic E-state index is -1.11. The Hall–Kier alpha value is -3.00. The smallest absolute Gasteiger partial charge is 0.278 e. The molecule has 0 aliphatic heterocycles. The predicted molar refractivity (Wildman–Crippen MR) is 105 cm³/mol. The van der Waals surface area contributed by atoms with E-state index in [1.807, 2.05) is 13.8 Å². The molecule has 2 N–H and O–H groups in total. The molecule has 3 rings (SSSR count). The van der Waals surface area contributed by atoms with Crippen LogP contribution in [0.5, 0.6) is 0 Å². The number of aliphatic hydroxyl groups is 1. The van der Waals surface area contributed by atoms with Gasteiger partial charge in [-0.05, 0) is 39.8 Å². The number of allylic oxidation sites excluding steroid dienone is 1. The third kappa shape index (κ3) is 3.61. The van der Waals surface area contributed by atoms with Crippen LogP contribution in [0, 0.1) is 0 Å². The van der Waals surface area contributed by atoms with Gasteiger partial charge >= 0.3 is 0 Å². The average molecular weight is 368 g/mol. The number of hydrogen-bond donors (Lipinski definition) is 2. The van der Waals surface area contributed by atoms with Crippen LogP contribution in [-0.4, -0.2) is 35.5 Å². The number of pyridine rings is 1. The van der Waals surface area contributed by atoms with Crippen molar-refractivity contribution in [2.24, 2.45) is 0 Å². The molecule has 0 saturated heterocycles. The van der Waals surface area contributed by atoms with Gasteiger partial charge in [0.15, 0.2) is 11.5 Å². The van der Waals surface area contributed by atoms with Gasteiger partial charge in [0.2, 0.25) is 5.95 Å². The first-order valence-corrected chi connectivity index (χ1v) is 8.78. The van der Waals surface area contributed by atoms with Gasteiger partial charge in [0.1, 0.15) is 11.0 Å². The van der Waals surface area contributed by atoms with Crippen molar-refractivity contribution in [3.05, 3.63) is 53.1 Å². The van der Waals surface area contributed by atoms with Crippen molar-refractivity contribution in [3.8, 4) is 5.82 Å². The molecule has 0 aliphatic rings. The average Bonchev–Trinajstić information content (AvgIpc) is 2.86. The normalized spacial score (nSPS) is 11.9. The van der Waals surface area contributed by atoms with Crippen molar-refractivity contribution in [1.29, 1.82) is 0 Å². The van der Waals surface area contributed by atoms with Crippen LogP contribution in [0.1, 0.15) is 33.4 Å². The number of anilines is 1. The maximum Gasteiger partial charge on any atom is 0.278 e. The second-order valence-corrected chi connectivity index (χ2v) is 7.16. The molecule has 0 bridgehead atoms. The Morgan fingerprint density at radius 1 is 1.33 bits per heavy atom. The Balaban J connectivity index is 2.30. The minimum Gasteiger partial charge on any atom is -0.384 e. The molecule has 0 aliphatic carbocycles. The molecule has 0 spiro atoms. The molecule has 0 radical (unpaired) electrons. The fraction of sp³-hybridized carbons (Fsp3) is 0.368. The Labute approximate surface area is 157 Å². The standard InChI is InChI=1S/C19H24N6O2/c1-6-10-24-17(26)13-11-20-18(21-12(2)3)23-16(13)25(24)15-9-7-8-14(22-15)19(4,5)27/h6-9,11-12,27H,1,10H2,2-5H3,(H,20,21,23). The summed E-state index contributed by atoms with van der Waals surface area (Å²) in [6, 6.07) is 5.45. The number of aromatic nitrogens is 5. The van der Waals surface area contributed by atoms with E-state index in [1.165, 1.54) is 10.9 Å². The summed E-state index contributed by atoms with van der Waals surface area (Å²) in [5, 5.41) is 13.8. The molecule has 0 unspecified atom stereocenters. The molecular formula is C19H24N6O2. The van der Waals surface area contributed by atoms with Crippen LogP contribution in [0.4, 0.5) is 5.95 Å². The molecule has 0 fully saturated rings. The molecule has 0 saturated carbocycles. The SMILES string of the molecule is C=CCn1c(=O)c2cnc(NC(C)C)nc2n1-c1cccc(C(C)(C)O)n1. The first kappa shape index (κ1) is 18.8. The van der Waals surface area contributed by atoms with Gasteiger partial charge in [-0.15, -0.1) is 6.58 Å². The topological polar surface area (TPSA) is 97.9 Å². The van der Waals surface area contributed by atoms with Gasteiger partial charge < -0.3 is 10.4 Å². The van der Waals surface area contributed by atoms with Crippen LogP contribution in [0.3, 0.4) is 0 Å². The maximum atomic E-state index is 12.8. The predicted octanol–water partition coefficient (Wildman–Crippen LogP) is 2.21. The number of nitrogens with one attached hydrogen (secondary N) is 1. The lowest BCUT2D eigenvalue weighted by molar-refractivity contribution is 0.0738. The Morgan fingerprint density at radius 2 is 2.07 bits per heavy atom. The number of rotatable bonds is 6. The number of fused-ring (bicyclic) bond motifs is 1. The zero-order valence-electron chi connectivity index (χ0n) is 16.0. The largest absolute Gasteiger partial charge is 0.384 e. The highest BCUT2D eigenvalue weighted by Crippen LogP contribution is 2.21. The fourth-order valence-corrected chi connectivity index (χ4v) is 2.76. The van der Waals surface area contributed by atoms with Crippen molar-refractivity contribution < 1.29 is 5.11 Å². The molecule has 0 atom stereocenters. The van der Waals surface area contributed by atoms with E-state index in [0.717, 1.165) is 0 Å². The van der Waals surface area contributed by atoms with Gasteiger partial charge in [-0.3, -0.25) is 4.79 Å². The van der Waals surface area contributed by atoms with Gasteiger partial charge in [0.25, 0.3) is 5.56 Å². The summed E-state index contributed by atoms with van der Waals surface area (Å²) in [6.45, 7) is 11.3. The van der Waals surface area contributed by atoms with Gasteiger partial charge in [0.05, 0.1) is 12.2 Å². The summed E-state index contributed by atoms with van der Waals surface area (Å²) in [5.74, 6) is 0.915. The van der Waals surface area contributed by atoms with E-state index in [0.29, 0.717) is 28.5 Å². The summed E-state index contributed by atoms with van der Waals surface area (Å²) in [5.41, 5.74) is -0.395. The lowest BCUT2D eigenvalue weighted by Gasteiger charge is -2.18. The zero-order chi connectivity index (χ0) is 19.8. The summed E-state index contributed by atoms with van der Waals surface area (Å²) in [7, 11) is 0. The van der Waals surface area contributed by atoms with Crippen molar-refractivity contribution in [2.45, 2.75) is 45.9 Å². The van der Waals surface area contributed by atoms with Crippen LogP contribution in [0.25, 0.3) is 16.9 Å². The Bertz CT molecular complexity index is 1040. The maximum absolute atomic E-state index is 12.8. The molecule has 3 aromatic rings. The second-order valence-electron chi connectivity index (χ2n) is 7.16. The molecule has 142 valence electrons. The molecule has 8 nitrogen and oxygen atoms in total. The van der Waals surface area contributed by atoms with Gasteiger partial charge in [-0.1, -0.05) is 12.1 Å². The van der Waals surface area contributed by atoms with Crippen molar-refractivity contribution >= 4 is 17.0 Å². The molecule has 3 heterocycles. The second kappa shape index (κ2) is 6.96. The highest BCUT2D eigenvalue weighted by molar-refractivity contribution is 5.76. The number of nitrogens with zero attached hydrogens (tertiary/aromatic N) is 5. The molecule has 3 aromatic heterocycles. The minimum absolute atomic E-state index is 0.148. The highest BCUT2D eigenvalue weighted by Gasteiger charge is 2.21. The quantitative estimate of drug-likeness (QED) is 0.648. The molecule has 27 heavy (non-hydrogen) atoms. The summed E-state index contributed by atoms with van der Waals surface area (Å²) >= 11 is 0. The highest BCUT2D eigenvalue weighted by atomic mass is 16.3. The lowest BCUT2D eigenvalue weighted by atomic mass is 10.1. The van der Waals surface area contributed by atoms with Crippen molar-refractivity contribution in [3.63, 3.8) is 0 Å². The zero-order valence-corrected chi connectivity index (χ0v) is 16.0. The van der Waals surface area contributed by atoms with E-state index < -0.39 is 5.60 Å². The summed E-state index contributed by atoms with van der Waals surface area (Å²) in [4.78, 5) is 26.2. The van der Waals surface area contributed by atoms with E-state index in [4.69, 9.17) is 0 Å².